The number of rotatable bonds is 6. The molecule has 4 nitrogen and oxygen atoms in total. The highest BCUT2D eigenvalue weighted by Gasteiger charge is 2.09. The molecular formula is C15H18FN3O. The second-order valence-electron chi connectivity index (χ2n) is 4.33. The Morgan fingerprint density at radius 1 is 1.25 bits per heavy atom. The molecule has 106 valence electrons. The van der Waals surface area contributed by atoms with E-state index < -0.39 is 0 Å². The summed E-state index contributed by atoms with van der Waals surface area (Å²) < 4.78 is 19.2. The lowest BCUT2D eigenvalue weighted by Crippen LogP contribution is -2.10. The number of hydrogen-bond donors (Lipinski definition) is 1. The van der Waals surface area contributed by atoms with Gasteiger partial charge in [0.25, 0.3) is 0 Å². The summed E-state index contributed by atoms with van der Waals surface area (Å²) in [7, 11) is 1.64. The Hall–Kier alpha value is -2.17. The van der Waals surface area contributed by atoms with E-state index >= 15 is 0 Å². The number of para-hydroxylation sites is 1. The van der Waals surface area contributed by atoms with Crippen molar-refractivity contribution in [3.05, 3.63) is 47.7 Å². The van der Waals surface area contributed by atoms with Gasteiger partial charge in [-0.25, -0.2) is 14.4 Å². The van der Waals surface area contributed by atoms with Gasteiger partial charge in [0.2, 0.25) is 0 Å². The zero-order valence-electron chi connectivity index (χ0n) is 11.7. The Bertz CT molecular complexity index is 575. The van der Waals surface area contributed by atoms with Crippen LogP contribution in [-0.2, 0) is 12.8 Å². The summed E-state index contributed by atoms with van der Waals surface area (Å²) in [5.41, 5.74) is 1.51. The largest absolute Gasteiger partial charge is 0.496 e. The minimum atomic E-state index is -0.366. The van der Waals surface area contributed by atoms with Crippen molar-refractivity contribution in [3.8, 4) is 5.75 Å². The SMILES string of the molecule is CCc1ncnc(NCCc2ccccc2OC)c1F. The number of ether oxygens (including phenoxy) is 1. The molecule has 1 heterocycles. The van der Waals surface area contributed by atoms with Crippen molar-refractivity contribution in [1.29, 1.82) is 0 Å². The molecule has 0 aliphatic heterocycles. The van der Waals surface area contributed by atoms with Crippen LogP contribution >= 0.6 is 0 Å². The fourth-order valence-electron chi connectivity index (χ4n) is 2.00. The molecule has 0 amide bonds. The van der Waals surface area contributed by atoms with Gasteiger partial charge in [-0.05, 0) is 24.5 Å². The van der Waals surface area contributed by atoms with Gasteiger partial charge in [0.1, 0.15) is 12.1 Å². The van der Waals surface area contributed by atoms with Gasteiger partial charge in [0.15, 0.2) is 11.6 Å². The number of hydrogen-bond acceptors (Lipinski definition) is 4. The van der Waals surface area contributed by atoms with Crippen molar-refractivity contribution < 1.29 is 9.13 Å². The predicted octanol–water partition coefficient (Wildman–Crippen LogP) is 2.84. The molecule has 0 aliphatic rings. The summed E-state index contributed by atoms with van der Waals surface area (Å²) in [6.45, 7) is 2.45. The fraction of sp³-hybridized carbons (Fsp3) is 0.333. The van der Waals surface area contributed by atoms with Crippen LogP contribution in [0.2, 0.25) is 0 Å². The summed E-state index contributed by atoms with van der Waals surface area (Å²) in [5.74, 6) is 0.730. The third-order valence-corrected chi connectivity index (χ3v) is 3.08. The van der Waals surface area contributed by atoms with Crippen molar-refractivity contribution in [3.63, 3.8) is 0 Å². The Morgan fingerprint density at radius 2 is 2.05 bits per heavy atom. The summed E-state index contributed by atoms with van der Waals surface area (Å²) >= 11 is 0. The van der Waals surface area contributed by atoms with Crippen LogP contribution < -0.4 is 10.1 Å². The molecule has 0 bridgehead atoms. The minimum absolute atomic E-state index is 0.256. The van der Waals surface area contributed by atoms with E-state index in [4.69, 9.17) is 4.74 Å². The molecule has 1 aromatic carbocycles. The maximum atomic E-state index is 13.9. The van der Waals surface area contributed by atoms with E-state index in [-0.39, 0.29) is 11.6 Å². The molecule has 0 spiro atoms. The Balaban J connectivity index is 1.99. The highest BCUT2D eigenvalue weighted by molar-refractivity contribution is 5.39. The third-order valence-electron chi connectivity index (χ3n) is 3.08. The van der Waals surface area contributed by atoms with Crippen LogP contribution in [0.3, 0.4) is 0 Å². The molecule has 0 unspecified atom stereocenters. The monoisotopic (exact) mass is 275 g/mol. The van der Waals surface area contributed by atoms with E-state index in [0.29, 0.717) is 18.7 Å². The van der Waals surface area contributed by atoms with Crippen LogP contribution in [0.4, 0.5) is 10.2 Å². The molecule has 0 radical (unpaired) electrons. The lowest BCUT2D eigenvalue weighted by atomic mass is 10.1. The van der Waals surface area contributed by atoms with E-state index in [0.717, 1.165) is 17.7 Å². The van der Waals surface area contributed by atoms with Gasteiger partial charge in [-0.2, -0.15) is 0 Å². The molecule has 0 atom stereocenters. The number of nitrogens with zero attached hydrogens (tertiary/aromatic N) is 2. The van der Waals surface area contributed by atoms with Gasteiger partial charge >= 0.3 is 0 Å². The Kier molecular flexibility index (Phi) is 4.87. The zero-order chi connectivity index (χ0) is 14.4. The molecule has 2 rings (SSSR count). The molecule has 0 fully saturated rings. The number of aromatic nitrogens is 2. The number of halogens is 1. The first kappa shape index (κ1) is 14.2. The lowest BCUT2D eigenvalue weighted by Gasteiger charge is -2.10. The smallest absolute Gasteiger partial charge is 0.186 e. The molecule has 5 heteroatoms. The van der Waals surface area contributed by atoms with Crippen molar-refractivity contribution >= 4 is 5.82 Å². The van der Waals surface area contributed by atoms with Crippen LogP contribution in [0.5, 0.6) is 5.75 Å². The van der Waals surface area contributed by atoms with Crippen molar-refractivity contribution in [2.45, 2.75) is 19.8 Å². The maximum absolute atomic E-state index is 13.9. The van der Waals surface area contributed by atoms with Gasteiger partial charge in [-0.3, -0.25) is 0 Å². The Morgan fingerprint density at radius 3 is 2.80 bits per heavy atom. The second-order valence-corrected chi connectivity index (χ2v) is 4.33. The maximum Gasteiger partial charge on any atom is 0.186 e. The van der Waals surface area contributed by atoms with Gasteiger partial charge in [-0.15, -0.1) is 0 Å². The van der Waals surface area contributed by atoms with E-state index in [2.05, 4.69) is 15.3 Å². The average Bonchev–Trinajstić information content (AvgIpc) is 2.49. The first-order valence-corrected chi connectivity index (χ1v) is 6.61. The normalized spacial score (nSPS) is 10.3. The van der Waals surface area contributed by atoms with Crippen LogP contribution in [0.15, 0.2) is 30.6 Å². The molecule has 2 aromatic rings. The molecule has 1 N–H and O–H groups in total. The van der Waals surface area contributed by atoms with Crippen molar-refractivity contribution in [2.24, 2.45) is 0 Å². The zero-order valence-corrected chi connectivity index (χ0v) is 11.7. The van der Waals surface area contributed by atoms with E-state index in [1.54, 1.807) is 7.11 Å². The quantitative estimate of drug-likeness (QED) is 0.880. The summed E-state index contributed by atoms with van der Waals surface area (Å²) in [5, 5.41) is 3.01. The van der Waals surface area contributed by atoms with Crippen molar-refractivity contribution in [1.82, 2.24) is 9.97 Å². The van der Waals surface area contributed by atoms with Gasteiger partial charge in [0, 0.05) is 6.54 Å². The molecular weight excluding hydrogens is 257 g/mol. The molecule has 0 saturated heterocycles. The van der Waals surface area contributed by atoms with E-state index in [9.17, 15) is 4.39 Å². The number of methoxy groups -OCH3 is 1. The van der Waals surface area contributed by atoms with Crippen molar-refractivity contribution in [2.75, 3.05) is 19.0 Å². The average molecular weight is 275 g/mol. The van der Waals surface area contributed by atoms with E-state index in [1.807, 2.05) is 31.2 Å². The first-order chi connectivity index (χ1) is 9.76. The fourth-order valence-corrected chi connectivity index (χ4v) is 2.00. The topological polar surface area (TPSA) is 47.0 Å². The standard InChI is InChI=1S/C15H18FN3O/c1-3-12-14(16)15(19-10-18-12)17-9-8-11-6-4-5-7-13(11)20-2/h4-7,10H,3,8-9H2,1-2H3,(H,17,18,19). The number of aryl methyl sites for hydroxylation is 1. The molecule has 0 aliphatic carbocycles. The second kappa shape index (κ2) is 6.84. The van der Waals surface area contributed by atoms with Gasteiger partial charge in [0.05, 0.1) is 12.8 Å². The van der Waals surface area contributed by atoms with E-state index in [1.165, 1.54) is 6.33 Å². The summed E-state index contributed by atoms with van der Waals surface area (Å²) in [6.07, 6.45) is 2.66. The van der Waals surface area contributed by atoms with Crippen LogP contribution in [-0.4, -0.2) is 23.6 Å². The molecule has 20 heavy (non-hydrogen) atoms. The first-order valence-electron chi connectivity index (χ1n) is 6.61. The third kappa shape index (κ3) is 3.23. The number of benzene rings is 1. The predicted molar refractivity (Wildman–Crippen MR) is 76.6 cm³/mol. The van der Waals surface area contributed by atoms with Crippen LogP contribution in [0, 0.1) is 5.82 Å². The molecule has 1 aromatic heterocycles. The van der Waals surface area contributed by atoms with Gasteiger partial charge < -0.3 is 10.1 Å². The number of nitrogens with one attached hydrogen (secondary N) is 1. The lowest BCUT2D eigenvalue weighted by molar-refractivity contribution is 0.410. The highest BCUT2D eigenvalue weighted by Crippen LogP contribution is 2.18. The summed E-state index contributed by atoms with van der Waals surface area (Å²) in [6, 6.07) is 7.79. The molecule has 0 saturated carbocycles. The highest BCUT2D eigenvalue weighted by atomic mass is 19.1. The minimum Gasteiger partial charge on any atom is -0.496 e. The summed E-state index contributed by atoms with van der Waals surface area (Å²) in [4.78, 5) is 7.84. The van der Waals surface area contributed by atoms with Crippen LogP contribution in [0.25, 0.3) is 0 Å². The van der Waals surface area contributed by atoms with Gasteiger partial charge in [-0.1, -0.05) is 25.1 Å². The Labute approximate surface area is 118 Å². The number of anilines is 1. The van der Waals surface area contributed by atoms with Crippen LogP contribution in [0.1, 0.15) is 18.2 Å².